The van der Waals surface area contributed by atoms with Crippen LogP contribution in [-0.4, -0.2) is 61.4 Å². The van der Waals surface area contributed by atoms with E-state index in [1.807, 2.05) is 42.1 Å². The molecule has 1 aromatic rings. The third kappa shape index (κ3) is 4.93. The molecule has 0 aromatic heterocycles. The zero-order valence-electron chi connectivity index (χ0n) is 17.6. The largest absolute Gasteiger partial charge is 0.353 e. The van der Waals surface area contributed by atoms with Crippen molar-refractivity contribution in [3.05, 3.63) is 35.9 Å². The van der Waals surface area contributed by atoms with E-state index in [0.717, 1.165) is 5.56 Å². The summed E-state index contributed by atoms with van der Waals surface area (Å²) in [5, 5.41) is 3.33. The number of likely N-dealkylation sites (tertiary alicyclic amines) is 1. The molecule has 1 heterocycles. The van der Waals surface area contributed by atoms with Gasteiger partial charge in [0, 0.05) is 19.1 Å². The SMILES string of the molecule is C[C@H](NC(=O)C1(Cc2ccccc2)CN(C(=O)CN(C)C)C1)C1CCCCC1. The number of amides is 2. The van der Waals surface area contributed by atoms with Crippen LogP contribution in [0.1, 0.15) is 44.6 Å². The summed E-state index contributed by atoms with van der Waals surface area (Å²) in [4.78, 5) is 29.5. The Morgan fingerprint density at radius 1 is 1.14 bits per heavy atom. The normalized spacial score (nSPS) is 20.5. The molecular weight excluding hydrogens is 350 g/mol. The second kappa shape index (κ2) is 9.08. The summed E-state index contributed by atoms with van der Waals surface area (Å²) in [5.74, 6) is 0.795. The fourth-order valence-electron chi connectivity index (χ4n) is 4.67. The molecule has 5 nitrogen and oxygen atoms in total. The van der Waals surface area contributed by atoms with Crippen LogP contribution in [-0.2, 0) is 16.0 Å². The van der Waals surface area contributed by atoms with Crippen molar-refractivity contribution in [1.82, 2.24) is 15.1 Å². The highest BCUT2D eigenvalue weighted by molar-refractivity contribution is 5.88. The predicted molar refractivity (Wildman–Crippen MR) is 112 cm³/mol. The van der Waals surface area contributed by atoms with Crippen molar-refractivity contribution in [3.8, 4) is 0 Å². The van der Waals surface area contributed by atoms with Gasteiger partial charge in [-0.05, 0) is 51.8 Å². The van der Waals surface area contributed by atoms with Gasteiger partial charge < -0.3 is 15.1 Å². The lowest BCUT2D eigenvalue weighted by atomic mass is 9.73. The zero-order chi connectivity index (χ0) is 20.1. The van der Waals surface area contributed by atoms with Crippen LogP contribution in [0.2, 0.25) is 0 Å². The highest BCUT2D eigenvalue weighted by Gasteiger charge is 2.51. The number of hydrogen-bond acceptors (Lipinski definition) is 3. The maximum absolute atomic E-state index is 13.3. The molecule has 1 aliphatic heterocycles. The van der Waals surface area contributed by atoms with E-state index in [9.17, 15) is 9.59 Å². The van der Waals surface area contributed by atoms with E-state index in [-0.39, 0.29) is 17.9 Å². The molecule has 154 valence electrons. The van der Waals surface area contributed by atoms with Gasteiger partial charge in [0.25, 0.3) is 0 Å². The first kappa shape index (κ1) is 20.8. The monoisotopic (exact) mass is 385 g/mol. The number of likely N-dealkylation sites (N-methyl/N-ethyl adjacent to an activating group) is 1. The van der Waals surface area contributed by atoms with Crippen LogP contribution in [0, 0.1) is 11.3 Å². The second-order valence-electron chi connectivity index (χ2n) is 9.09. The smallest absolute Gasteiger partial charge is 0.236 e. The molecule has 28 heavy (non-hydrogen) atoms. The number of benzene rings is 1. The van der Waals surface area contributed by atoms with Gasteiger partial charge in [-0.3, -0.25) is 9.59 Å². The highest BCUT2D eigenvalue weighted by atomic mass is 16.2. The molecule has 2 amide bonds. The molecule has 3 rings (SSSR count). The van der Waals surface area contributed by atoms with E-state index in [0.29, 0.717) is 32.0 Å². The van der Waals surface area contributed by atoms with Crippen LogP contribution in [0.4, 0.5) is 0 Å². The lowest BCUT2D eigenvalue weighted by Gasteiger charge is -2.50. The van der Waals surface area contributed by atoms with Crippen LogP contribution in [0.3, 0.4) is 0 Å². The number of nitrogens with one attached hydrogen (secondary N) is 1. The van der Waals surface area contributed by atoms with Crippen LogP contribution in [0.5, 0.6) is 0 Å². The minimum Gasteiger partial charge on any atom is -0.353 e. The van der Waals surface area contributed by atoms with Crippen molar-refractivity contribution in [3.63, 3.8) is 0 Å². The Morgan fingerprint density at radius 3 is 2.39 bits per heavy atom. The van der Waals surface area contributed by atoms with Gasteiger partial charge in [-0.25, -0.2) is 0 Å². The molecule has 0 unspecified atom stereocenters. The quantitative estimate of drug-likeness (QED) is 0.785. The average molecular weight is 386 g/mol. The van der Waals surface area contributed by atoms with Gasteiger partial charge in [0.2, 0.25) is 11.8 Å². The molecular formula is C23H35N3O2. The molecule has 0 spiro atoms. The first-order valence-corrected chi connectivity index (χ1v) is 10.7. The lowest BCUT2D eigenvalue weighted by molar-refractivity contribution is -0.154. The molecule has 1 saturated heterocycles. The van der Waals surface area contributed by atoms with Gasteiger partial charge in [-0.1, -0.05) is 49.6 Å². The molecule has 1 aliphatic carbocycles. The van der Waals surface area contributed by atoms with E-state index in [1.54, 1.807) is 0 Å². The standard InChI is InChI=1S/C23H35N3O2/c1-18(20-12-8-5-9-13-20)24-22(28)23(14-19-10-6-4-7-11-19)16-26(17-23)21(27)15-25(2)3/h4,6-7,10-11,18,20H,5,8-9,12-17H2,1-3H3,(H,24,28)/t18-/m0/s1. The van der Waals surface area contributed by atoms with Crippen molar-refractivity contribution in [2.75, 3.05) is 33.7 Å². The van der Waals surface area contributed by atoms with Crippen LogP contribution >= 0.6 is 0 Å². The van der Waals surface area contributed by atoms with E-state index >= 15 is 0 Å². The van der Waals surface area contributed by atoms with Gasteiger partial charge in [0.15, 0.2) is 0 Å². The molecule has 5 heteroatoms. The summed E-state index contributed by atoms with van der Waals surface area (Å²) >= 11 is 0. The number of carbonyl (C=O) groups excluding carboxylic acids is 2. The Balaban J connectivity index is 1.68. The van der Waals surface area contributed by atoms with Gasteiger partial charge >= 0.3 is 0 Å². The Kier molecular flexibility index (Phi) is 6.76. The first-order chi connectivity index (χ1) is 13.4. The Bertz CT molecular complexity index is 662. The fourth-order valence-corrected chi connectivity index (χ4v) is 4.67. The van der Waals surface area contributed by atoms with Gasteiger partial charge in [0.05, 0.1) is 12.0 Å². The number of rotatable bonds is 7. The Morgan fingerprint density at radius 2 is 1.79 bits per heavy atom. The molecule has 0 radical (unpaired) electrons. The van der Waals surface area contributed by atoms with Crippen molar-refractivity contribution < 1.29 is 9.59 Å². The third-order valence-corrected chi connectivity index (χ3v) is 6.37. The van der Waals surface area contributed by atoms with Crippen LogP contribution < -0.4 is 5.32 Å². The molecule has 0 bridgehead atoms. The minimum absolute atomic E-state index is 0.0989. The molecule has 1 saturated carbocycles. The maximum Gasteiger partial charge on any atom is 0.236 e. The first-order valence-electron chi connectivity index (χ1n) is 10.7. The van der Waals surface area contributed by atoms with Crippen molar-refractivity contribution in [2.45, 2.75) is 51.5 Å². The summed E-state index contributed by atoms with van der Waals surface area (Å²) < 4.78 is 0. The number of carbonyl (C=O) groups is 2. The molecule has 1 aromatic carbocycles. The maximum atomic E-state index is 13.3. The summed E-state index contributed by atoms with van der Waals surface area (Å²) in [6, 6.07) is 10.4. The van der Waals surface area contributed by atoms with E-state index < -0.39 is 5.41 Å². The molecule has 1 N–H and O–H groups in total. The third-order valence-electron chi connectivity index (χ3n) is 6.37. The molecule has 1 atom stereocenters. The van der Waals surface area contributed by atoms with E-state index in [4.69, 9.17) is 0 Å². The summed E-state index contributed by atoms with van der Waals surface area (Å²) in [7, 11) is 3.79. The fraction of sp³-hybridized carbons (Fsp3) is 0.652. The van der Waals surface area contributed by atoms with Gasteiger partial charge in [-0.2, -0.15) is 0 Å². The summed E-state index contributed by atoms with van der Waals surface area (Å²) in [5.41, 5.74) is 0.648. The molecule has 2 fully saturated rings. The van der Waals surface area contributed by atoms with Crippen molar-refractivity contribution in [1.29, 1.82) is 0 Å². The second-order valence-corrected chi connectivity index (χ2v) is 9.09. The van der Waals surface area contributed by atoms with Crippen molar-refractivity contribution >= 4 is 11.8 Å². The molecule has 2 aliphatic rings. The van der Waals surface area contributed by atoms with Crippen LogP contribution in [0.15, 0.2) is 30.3 Å². The Labute approximate surface area is 169 Å². The average Bonchev–Trinajstić information content (AvgIpc) is 2.65. The van der Waals surface area contributed by atoms with Gasteiger partial charge in [-0.15, -0.1) is 0 Å². The number of nitrogens with zero attached hydrogens (tertiary/aromatic N) is 2. The number of hydrogen-bond donors (Lipinski definition) is 1. The Hall–Kier alpha value is -1.88. The summed E-state index contributed by atoms with van der Waals surface area (Å²) in [6.07, 6.45) is 6.96. The zero-order valence-corrected chi connectivity index (χ0v) is 17.6. The van der Waals surface area contributed by atoms with Gasteiger partial charge in [0.1, 0.15) is 0 Å². The lowest BCUT2D eigenvalue weighted by Crippen LogP contribution is -2.67. The van der Waals surface area contributed by atoms with E-state index in [2.05, 4.69) is 24.4 Å². The summed E-state index contributed by atoms with van der Waals surface area (Å²) in [6.45, 7) is 3.56. The minimum atomic E-state index is -0.508. The highest BCUT2D eigenvalue weighted by Crippen LogP contribution is 2.36. The topological polar surface area (TPSA) is 52.7 Å². The predicted octanol–water partition coefficient (Wildman–Crippen LogP) is 2.70. The van der Waals surface area contributed by atoms with Crippen LogP contribution in [0.25, 0.3) is 0 Å². The van der Waals surface area contributed by atoms with E-state index in [1.165, 1.54) is 32.1 Å². The van der Waals surface area contributed by atoms with Crippen molar-refractivity contribution in [2.24, 2.45) is 11.3 Å².